The predicted octanol–water partition coefficient (Wildman–Crippen LogP) is 2.53. The molecule has 0 atom stereocenters. The minimum atomic E-state index is -0.445. The number of anilines is 1. The van der Waals surface area contributed by atoms with Crippen LogP contribution in [-0.2, 0) is 6.54 Å². The Hall–Kier alpha value is -4.05. The molecule has 3 rings (SSSR count). The van der Waals surface area contributed by atoms with Crippen molar-refractivity contribution < 1.29 is 9.59 Å². The number of nitrogens with zero attached hydrogens (tertiary/aromatic N) is 3. The van der Waals surface area contributed by atoms with Crippen molar-refractivity contribution in [1.82, 2.24) is 15.3 Å². The molecule has 2 amide bonds. The zero-order valence-electron chi connectivity index (χ0n) is 14.2. The van der Waals surface area contributed by atoms with Crippen molar-refractivity contribution in [2.24, 2.45) is 0 Å². The maximum atomic E-state index is 12.3. The van der Waals surface area contributed by atoms with Gasteiger partial charge in [-0.1, -0.05) is 6.07 Å². The summed E-state index contributed by atoms with van der Waals surface area (Å²) >= 11 is 0. The number of carbonyl (C=O) groups is 2. The first-order valence-electron chi connectivity index (χ1n) is 8.11. The molecule has 0 aliphatic rings. The first-order chi connectivity index (χ1) is 13.2. The molecule has 3 aromatic rings. The number of amides is 2. The van der Waals surface area contributed by atoms with Gasteiger partial charge in [-0.15, -0.1) is 0 Å². The molecule has 0 unspecified atom stereocenters. The van der Waals surface area contributed by atoms with E-state index in [1.165, 1.54) is 18.3 Å². The van der Waals surface area contributed by atoms with Gasteiger partial charge in [0, 0.05) is 23.6 Å². The SMILES string of the molecule is N#Cc1ccc(NC(=O)c2cc(C(=O)NCc3ccccn3)ccn2)cc1. The van der Waals surface area contributed by atoms with Crippen molar-refractivity contribution in [2.75, 3.05) is 5.32 Å². The Balaban J connectivity index is 1.65. The molecule has 7 nitrogen and oxygen atoms in total. The molecule has 27 heavy (non-hydrogen) atoms. The third-order valence-corrected chi connectivity index (χ3v) is 3.68. The molecule has 132 valence electrons. The van der Waals surface area contributed by atoms with Gasteiger partial charge in [-0.05, 0) is 48.5 Å². The Kier molecular flexibility index (Phi) is 5.50. The van der Waals surface area contributed by atoms with Crippen LogP contribution in [0.4, 0.5) is 5.69 Å². The van der Waals surface area contributed by atoms with E-state index < -0.39 is 5.91 Å². The van der Waals surface area contributed by atoms with E-state index in [-0.39, 0.29) is 18.1 Å². The van der Waals surface area contributed by atoms with Crippen molar-refractivity contribution >= 4 is 17.5 Å². The van der Waals surface area contributed by atoms with E-state index in [0.29, 0.717) is 16.8 Å². The molecule has 0 spiro atoms. The van der Waals surface area contributed by atoms with Crippen LogP contribution in [0.15, 0.2) is 67.0 Å². The lowest BCUT2D eigenvalue weighted by Crippen LogP contribution is -2.24. The maximum Gasteiger partial charge on any atom is 0.274 e. The zero-order chi connectivity index (χ0) is 19.1. The molecule has 0 radical (unpaired) electrons. The summed E-state index contributed by atoms with van der Waals surface area (Å²) in [6, 6.07) is 16.9. The van der Waals surface area contributed by atoms with Crippen LogP contribution < -0.4 is 10.6 Å². The minimum Gasteiger partial charge on any atom is -0.346 e. The second-order valence-corrected chi connectivity index (χ2v) is 5.58. The molecule has 0 aliphatic heterocycles. The van der Waals surface area contributed by atoms with Crippen molar-refractivity contribution in [3.05, 3.63) is 89.5 Å². The molecule has 0 aliphatic carbocycles. The molecular formula is C20H15N5O2. The average molecular weight is 357 g/mol. The van der Waals surface area contributed by atoms with E-state index in [2.05, 4.69) is 20.6 Å². The van der Waals surface area contributed by atoms with Gasteiger partial charge in [0.2, 0.25) is 0 Å². The Morgan fingerprint density at radius 2 is 1.78 bits per heavy atom. The summed E-state index contributed by atoms with van der Waals surface area (Å²) < 4.78 is 0. The molecule has 2 aromatic heterocycles. The number of benzene rings is 1. The van der Waals surface area contributed by atoms with Crippen LogP contribution in [0, 0.1) is 11.3 Å². The maximum absolute atomic E-state index is 12.3. The lowest BCUT2D eigenvalue weighted by molar-refractivity contribution is 0.0950. The van der Waals surface area contributed by atoms with E-state index in [0.717, 1.165) is 5.69 Å². The molecule has 7 heteroatoms. The Bertz CT molecular complexity index is 995. The van der Waals surface area contributed by atoms with Gasteiger partial charge in [0.05, 0.1) is 23.9 Å². The number of rotatable bonds is 5. The summed E-state index contributed by atoms with van der Waals surface area (Å²) in [4.78, 5) is 32.8. The highest BCUT2D eigenvalue weighted by Gasteiger charge is 2.12. The molecule has 1 aromatic carbocycles. The van der Waals surface area contributed by atoms with E-state index in [1.54, 1.807) is 36.5 Å². The van der Waals surface area contributed by atoms with Crippen molar-refractivity contribution in [3.8, 4) is 6.07 Å². The number of nitriles is 1. The van der Waals surface area contributed by atoms with E-state index in [9.17, 15) is 9.59 Å². The van der Waals surface area contributed by atoms with Gasteiger partial charge in [-0.3, -0.25) is 19.6 Å². The van der Waals surface area contributed by atoms with E-state index in [4.69, 9.17) is 5.26 Å². The summed E-state index contributed by atoms with van der Waals surface area (Å²) in [5.41, 5.74) is 2.21. The van der Waals surface area contributed by atoms with Gasteiger partial charge >= 0.3 is 0 Å². The number of carbonyl (C=O) groups excluding carboxylic acids is 2. The fraction of sp³-hybridized carbons (Fsp3) is 0.0500. The summed E-state index contributed by atoms with van der Waals surface area (Å²) in [6.07, 6.45) is 3.06. The molecule has 0 saturated heterocycles. The number of nitrogens with one attached hydrogen (secondary N) is 2. The van der Waals surface area contributed by atoms with Crippen molar-refractivity contribution in [1.29, 1.82) is 5.26 Å². The van der Waals surface area contributed by atoms with Crippen LogP contribution in [0.2, 0.25) is 0 Å². The highest BCUT2D eigenvalue weighted by molar-refractivity contribution is 6.04. The van der Waals surface area contributed by atoms with Gasteiger partial charge < -0.3 is 10.6 Å². The van der Waals surface area contributed by atoms with Crippen molar-refractivity contribution in [3.63, 3.8) is 0 Å². The number of pyridine rings is 2. The standard InChI is InChI=1S/C20H15N5O2/c21-12-14-4-6-16(7-5-14)25-20(27)18-11-15(8-10-23-18)19(26)24-13-17-3-1-2-9-22-17/h1-11H,13H2,(H,24,26)(H,25,27). The quantitative estimate of drug-likeness (QED) is 0.729. The Morgan fingerprint density at radius 3 is 2.48 bits per heavy atom. The van der Waals surface area contributed by atoms with Gasteiger partial charge in [0.25, 0.3) is 11.8 Å². The molecule has 2 heterocycles. The summed E-state index contributed by atoms with van der Waals surface area (Å²) in [6.45, 7) is 0.286. The fourth-order valence-corrected chi connectivity index (χ4v) is 2.29. The molecular weight excluding hydrogens is 342 g/mol. The second-order valence-electron chi connectivity index (χ2n) is 5.58. The van der Waals surface area contributed by atoms with Crippen molar-refractivity contribution in [2.45, 2.75) is 6.54 Å². The van der Waals surface area contributed by atoms with Gasteiger partial charge in [0.1, 0.15) is 5.69 Å². The number of hydrogen-bond acceptors (Lipinski definition) is 5. The Morgan fingerprint density at radius 1 is 0.963 bits per heavy atom. The Labute approximate surface area is 155 Å². The minimum absolute atomic E-state index is 0.116. The normalized spacial score (nSPS) is 9.89. The summed E-state index contributed by atoms with van der Waals surface area (Å²) in [5, 5.41) is 14.2. The molecule has 0 fully saturated rings. The van der Waals surface area contributed by atoms with Gasteiger partial charge in [0.15, 0.2) is 0 Å². The molecule has 2 N–H and O–H groups in total. The fourth-order valence-electron chi connectivity index (χ4n) is 2.29. The highest BCUT2D eigenvalue weighted by atomic mass is 16.2. The largest absolute Gasteiger partial charge is 0.346 e. The zero-order valence-corrected chi connectivity index (χ0v) is 14.2. The third kappa shape index (κ3) is 4.74. The molecule has 0 saturated carbocycles. The van der Waals surface area contributed by atoms with Crippen LogP contribution in [0.1, 0.15) is 32.1 Å². The first-order valence-corrected chi connectivity index (χ1v) is 8.11. The summed E-state index contributed by atoms with van der Waals surface area (Å²) in [5.74, 6) is -0.769. The smallest absolute Gasteiger partial charge is 0.274 e. The van der Waals surface area contributed by atoms with Crippen LogP contribution in [0.5, 0.6) is 0 Å². The monoisotopic (exact) mass is 357 g/mol. The topological polar surface area (TPSA) is 108 Å². The predicted molar refractivity (Wildman–Crippen MR) is 98.8 cm³/mol. The second kappa shape index (κ2) is 8.36. The lowest BCUT2D eigenvalue weighted by atomic mass is 10.2. The summed E-state index contributed by atoms with van der Waals surface area (Å²) in [7, 11) is 0. The molecule has 0 bridgehead atoms. The van der Waals surface area contributed by atoms with Crippen LogP contribution in [0.3, 0.4) is 0 Å². The van der Waals surface area contributed by atoms with Crippen LogP contribution in [-0.4, -0.2) is 21.8 Å². The third-order valence-electron chi connectivity index (χ3n) is 3.68. The number of aromatic nitrogens is 2. The first kappa shape index (κ1) is 17.8. The average Bonchev–Trinajstić information content (AvgIpc) is 2.73. The van der Waals surface area contributed by atoms with E-state index in [1.807, 2.05) is 18.2 Å². The van der Waals surface area contributed by atoms with Crippen LogP contribution >= 0.6 is 0 Å². The van der Waals surface area contributed by atoms with Gasteiger partial charge in [-0.25, -0.2) is 0 Å². The van der Waals surface area contributed by atoms with E-state index >= 15 is 0 Å². The lowest BCUT2D eigenvalue weighted by Gasteiger charge is -2.07. The van der Waals surface area contributed by atoms with Crippen LogP contribution in [0.25, 0.3) is 0 Å². The van der Waals surface area contributed by atoms with Gasteiger partial charge in [-0.2, -0.15) is 5.26 Å². The number of hydrogen-bond donors (Lipinski definition) is 2. The highest BCUT2D eigenvalue weighted by Crippen LogP contribution is 2.11.